The predicted molar refractivity (Wildman–Crippen MR) is 94.1 cm³/mol. The van der Waals surface area contributed by atoms with E-state index < -0.39 is 11.5 Å². The first-order valence-electron chi connectivity index (χ1n) is 8.61. The van der Waals surface area contributed by atoms with Crippen molar-refractivity contribution in [3.8, 4) is 6.07 Å². The summed E-state index contributed by atoms with van der Waals surface area (Å²) in [7, 11) is 0. The van der Waals surface area contributed by atoms with E-state index in [0.29, 0.717) is 36.3 Å². The lowest BCUT2D eigenvalue weighted by Gasteiger charge is -2.43. The number of nitrogens with zero attached hydrogens (tertiary/aromatic N) is 2. The van der Waals surface area contributed by atoms with Gasteiger partial charge in [-0.25, -0.2) is 9.37 Å². The number of fused-ring (bicyclic) bond motifs is 1. The molecule has 3 rings (SSSR count). The van der Waals surface area contributed by atoms with Gasteiger partial charge in [0.2, 0.25) is 5.91 Å². The smallest absolute Gasteiger partial charge is 0.225 e. The number of hydrogen-bond donors (Lipinski definition) is 2. The Morgan fingerprint density at radius 3 is 2.88 bits per heavy atom. The largest absolute Gasteiger partial charge is 0.367 e. The molecule has 0 bridgehead atoms. The second-order valence-electron chi connectivity index (χ2n) is 7.10. The summed E-state index contributed by atoms with van der Waals surface area (Å²) in [5.74, 6) is 0.574. The lowest BCUT2D eigenvalue weighted by Crippen LogP contribution is -2.56. The number of carbonyl (C=O) groups excluding carboxylic acids is 1. The lowest BCUT2D eigenvalue weighted by atomic mass is 9.73. The average molecular weight is 365 g/mol. The highest BCUT2D eigenvalue weighted by Gasteiger charge is 2.44. The third kappa shape index (κ3) is 3.72. The van der Waals surface area contributed by atoms with Crippen LogP contribution >= 0.6 is 11.6 Å². The topological polar surface area (TPSA) is 77.8 Å². The maximum Gasteiger partial charge on any atom is 0.225 e. The maximum absolute atomic E-state index is 13.8. The molecule has 2 fully saturated rings. The first-order chi connectivity index (χ1) is 11.9. The monoisotopic (exact) mass is 364 g/mol. The Kier molecular flexibility index (Phi) is 5.14. The van der Waals surface area contributed by atoms with E-state index >= 15 is 0 Å². The van der Waals surface area contributed by atoms with Gasteiger partial charge in [-0.1, -0.05) is 0 Å². The van der Waals surface area contributed by atoms with Gasteiger partial charge >= 0.3 is 0 Å². The molecule has 0 radical (unpaired) electrons. The lowest BCUT2D eigenvalue weighted by molar-refractivity contribution is -0.130. The van der Waals surface area contributed by atoms with Crippen molar-refractivity contribution in [2.45, 2.75) is 56.7 Å². The van der Waals surface area contributed by atoms with Gasteiger partial charge < -0.3 is 10.6 Å². The summed E-state index contributed by atoms with van der Waals surface area (Å²) in [5.41, 5.74) is 1.19. The highest BCUT2D eigenvalue weighted by Crippen LogP contribution is 2.38. The van der Waals surface area contributed by atoms with Crippen molar-refractivity contribution in [1.82, 2.24) is 10.3 Å². The molecular formula is C18H22ClFN4O. The van der Waals surface area contributed by atoms with Crippen LogP contribution in [0.1, 0.15) is 37.4 Å². The summed E-state index contributed by atoms with van der Waals surface area (Å²) in [6.07, 6.45) is 0.525. The normalized spacial score (nSPS) is 32.9. The van der Waals surface area contributed by atoms with Crippen molar-refractivity contribution in [3.05, 3.63) is 23.4 Å². The van der Waals surface area contributed by atoms with Crippen LogP contribution in [-0.4, -0.2) is 34.5 Å². The number of aryl methyl sites for hydroxylation is 1. The van der Waals surface area contributed by atoms with Crippen LogP contribution in [-0.2, 0) is 4.79 Å². The molecule has 1 amide bonds. The second-order valence-corrected chi connectivity index (χ2v) is 7.66. The van der Waals surface area contributed by atoms with Crippen LogP contribution in [0.15, 0.2) is 12.1 Å². The maximum atomic E-state index is 13.8. The molecule has 2 aliphatic rings. The molecule has 7 heteroatoms. The molecule has 6 atom stereocenters. The van der Waals surface area contributed by atoms with Gasteiger partial charge in [0, 0.05) is 18.5 Å². The van der Waals surface area contributed by atoms with Crippen LogP contribution in [0, 0.1) is 30.1 Å². The first-order valence-corrected chi connectivity index (χ1v) is 9.05. The number of nitriles is 1. The number of rotatable bonds is 3. The highest BCUT2D eigenvalue weighted by molar-refractivity contribution is 6.21. The number of piperidine rings is 1. The Morgan fingerprint density at radius 1 is 1.44 bits per heavy atom. The van der Waals surface area contributed by atoms with Crippen molar-refractivity contribution in [1.29, 1.82) is 5.26 Å². The number of aromatic nitrogens is 1. The number of pyridine rings is 1. The fourth-order valence-electron chi connectivity index (χ4n) is 3.87. The first kappa shape index (κ1) is 17.9. The number of hydrogen-bond acceptors (Lipinski definition) is 4. The van der Waals surface area contributed by atoms with Crippen LogP contribution in [0.5, 0.6) is 0 Å². The number of amides is 1. The molecule has 1 saturated heterocycles. The van der Waals surface area contributed by atoms with E-state index in [1.165, 1.54) is 0 Å². The van der Waals surface area contributed by atoms with Crippen molar-refractivity contribution < 1.29 is 9.18 Å². The van der Waals surface area contributed by atoms with Crippen LogP contribution in [0.4, 0.5) is 10.2 Å². The molecule has 0 spiro atoms. The predicted octanol–water partition coefficient (Wildman–Crippen LogP) is 2.92. The minimum absolute atomic E-state index is 0.0492. The van der Waals surface area contributed by atoms with Crippen molar-refractivity contribution >= 4 is 23.3 Å². The molecule has 1 aromatic heterocycles. The van der Waals surface area contributed by atoms with Crippen LogP contribution in [0.3, 0.4) is 0 Å². The quantitative estimate of drug-likeness (QED) is 0.808. The molecule has 25 heavy (non-hydrogen) atoms. The summed E-state index contributed by atoms with van der Waals surface area (Å²) in [4.78, 5) is 16.8. The third-order valence-electron chi connectivity index (χ3n) is 5.37. The van der Waals surface area contributed by atoms with E-state index in [-0.39, 0.29) is 29.8 Å². The van der Waals surface area contributed by atoms with E-state index in [0.717, 1.165) is 0 Å². The molecule has 0 aromatic carbocycles. The fraction of sp³-hybridized carbons (Fsp3) is 0.611. The summed E-state index contributed by atoms with van der Waals surface area (Å²) in [5, 5.41) is 14.7. The minimum atomic E-state index is -1.05. The van der Waals surface area contributed by atoms with Crippen molar-refractivity contribution in [2.75, 3.05) is 5.32 Å². The fourth-order valence-corrected chi connectivity index (χ4v) is 4.20. The van der Waals surface area contributed by atoms with Gasteiger partial charge in [0.15, 0.2) is 0 Å². The highest BCUT2D eigenvalue weighted by atomic mass is 35.5. The van der Waals surface area contributed by atoms with E-state index in [9.17, 15) is 9.18 Å². The number of anilines is 1. The Balaban J connectivity index is 1.68. The standard InChI is InChI=1S/C18H22ClFN4O/c1-9-11(8-21)3-4-17(22-9)23-10(2)13-5-12-6-14(19)15(20)7-16(12)24-18(13)25/h3-4,10,12-16H,5-7H2,1-2H3,(H,22,23)(H,24,25)/t10-,12?,13?,14?,15?,16?/m0/s1. The van der Waals surface area contributed by atoms with Gasteiger partial charge in [0.25, 0.3) is 0 Å². The summed E-state index contributed by atoms with van der Waals surface area (Å²) in [6.45, 7) is 3.72. The Hall–Kier alpha value is -1.87. The third-order valence-corrected chi connectivity index (χ3v) is 5.83. The molecular weight excluding hydrogens is 343 g/mol. The van der Waals surface area contributed by atoms with Gasteiger partial charge in [0.1, 0.15) is 18.1 Å². The average Bonchev–Trinajstić information content (AvgIpc) is 2.56. The number of nitrogens with one attached hydrogen (secondary N) is 2. The van der Waals surface area contributed by atoms with Crippen LogP contribution in [0.2, 0.25) is 0 Å². The summed E-state index contributed by atoms with van der Waals surface area (Å²) < 4.78 is 13.8. The van der Waals surface area contributed by atoms with Crippen LogP contribution < -0.4 is 10.6 Å². The molecule has 1 aliphatic carbocycles. The van der Waals surface area contributed by atoms with E-state index in [2.05, 4.69) is 21.7 Å². The van der Waals surface area contributed by atoms with E-state index in [4.69, 9.17) is 16.9 Å². The molecule has 2 heterocycles. The SMILES string of the molecule is Cc1nc(N[C@@H](C)C2CC3CC(Cl)C(F)CC3NC2=O)ccc1C#N. The Morgan fingerprint density at radius 2 is 2.20 bits per heavy atom. The Labute approximate surface area is 152 Å². The van der Waals surface area contributed by atoms with Gasteiger partial charge in [-0.15, -0.1) is 11.6 Å². The van der Waals surface area contributed by atoms with E-state index in [1.807, 2.05) is 6.92 Å². The molecule has 134 valence electrons. The molecule has 5 unspecified atom stereocenters. The number of alkyl halides is 2. The van der Waals surface area contributed by atoms with Gasteiger partial charge in [-0.2, -0.15) is 5.26 Å². The van der Waals surface area contributed by atoms with Gasteiger partial charge in [0.05, 0.1) is 22.6 Å². The zero-order valence-electron chi connectivity index (χ0n) is 14.3. The summed E-state index contributed by atoms with van der Waals surface area (Å²) in [6, 6.07) is 5.31. The zero-order chi connectivity index (χ0) is 18.1. The van der Waals surface area contributed by atoms with Crippen molar-refractivity contribution in [2.24, 2.45) is 11.8 Å². The van der Waals surface area contributed by atoms with Gasteiger partial charge in [-0.3, -0.25) is 4.79 Å². The number of carbonyl (C=O) groups is 1. The Bertz CT molecular complexity index is 707. The van der Waals surface area contributed by atoms with Crippen LogP contribution in [0.25, 0.3) is 0 Å². The zero-order valence-corrected chi connectivity index (χ0v) is 15.1. The number of halogens is 2. The minimum Gasteiger partial charge on any atom is -0.367 e. The molecule has 5 nitrogen and oxygen atoms in total. The second kappa shape index (κ2) is 7.17. The van der Waals surface area contributed by atoms with Crippen molar-refractivity contribution in [3.63, 3.8) is 0 Å². The molecule has 2 N–H and O–H groups in total. The summed E-state index contributed by atoms with van der Waals surface area (Å²) >= 11 is 6.09. The van der Waals surface area contributed by atoms with Gasteiger partial charge in [-0.05, 0) is 44.7 Å². The molecule has 1 saturated carbocycles. The molecule has 1 aliphatic heterocycles. The molecule has 1 aromatic rings. The van der Waals surface area contributed by atoms with E-state index in [1.54, 1.807) is 19.1 Å².